The zero-order valence-electron chi connectivity index (χ0n) is 25.1. The van der Waals surface area contributed by atoms with Crippen molar-refractivity contribution in [1.29, 1.82) is 0 Å². The maximum absolute atomic E-state index is 13.3. The molecule has 226 valence electrons. The molecule has 0 spiro atoms. The molecule has 2 aromatic carbocycles. The number of hydrogen-bond acceptors (Lipinski definition) is 9. The molecular weight excluding hydrogens is 558 g/mol. The number of hydrogen-bond donors (Lipinski definition) is 0. The molecule has 42 heavy (non-hydrogen) atoms. The van der Waals surface area contributed by atoms with E-state index in [1.807, 2.05) is 0 Å². The van der Waals surface area contributed by atoms with Gasteiger partial charge >= 0.3 is 11.9 Å². The van der Waals surface area contributed by atoms with E-state index in [-0.39, 0.29) is 18.2 Å². The number of fused-ring (bicyclic) bond motifs is 1. The number of rotatable bonds is 10. The molecule has 11 nitrogen and oxygen atoms in total. The van der Waals surface area contributed by atoms with E-state index in [0.29, 0.717) is 11.1 Å². The molecule has 2 aliphatic heterocycles. The van der Waals surface area contributed by atoms with Gasteiger partial charge in [0.2, 0.25) is 6.29 Å². The lowest BCUT2D eigenvalue weighted by atomic mass is 9.93. The van der Waals surface area contributed by atoms with Crippen LogP contribution in [0.1, 0.15) is 55.3 Å². The van der Waals surface area contributed by atoms with Gasteiger partial charge in [0.15, 0.2) is 19.7 Å². The van der Waals surface area contributed by atoms with Crippen LogP contribution in [0.2, 0.25) is 18.1 Å². The second-order valence-corrected chi connectivity index (χ2v) is 17.2. The van der Waals surface area contributed by atoms with Gasteiger partial charge in [0.1, 0.15) is 18.8 Å². The third-order valence-electron chi connectivity index (χ3n) is 7.91. The number of benzene rings is 2. The third kappa shape index (κ3) is 6.70. The van der Waals surface area contributed by atoms with Crippen molar-refractivity contribution >= 4 is 20.3 Å². The lowest BCUT2D eigenvalue weighted by Crippen LogP contribution is -2.55. The fourth-order valence-corrected chi connectivity index (χ4v) is 6.17. The van der Waals surface area contributed by atoms with Crippen molar-refractivity contribution in [2.45, 2.75) is 88.7 Å². The van der Waals surface area contributed by atoms with Crippen LogP contribution in [0, 0.1) is 0 Å². The summed E-state index contributed by atoms with van der Waals surface area (Å²) in [5, 5.41) is 3.64. The van der Waals surface area contributed by atoms with E-state index in [1.165, 1.54) is 0 Å². The summed E-state index contributed by atoms with van der Waals surface area (Å²) >= 11 is 0. The number of carbonyl (C=O) groups is 2. The van der Waals surface area contributed by atoms with Crippen LogP contribution in [0.4, 0.5) is 0 Å². The average Bonchev–Trinajstić information content (AvgIpc) is 3.37. The van der Waals surface area contributed by atoms with Crippen LogP contribution in [-0.4, -0.2) is 69.4 Å². The summed E-state index contributed by atoms with van der Waals surface area (Å²) in [5.41, 5.74) is 8.28. The minimum atomic E-state index is -2.43. The topological polar surface area (TPSA) is 138 Å². The maximum atomic E-state index is 13.3. The molecule has 2 fully saturated rings. The summed E-state index contributed by atoms with van der Waals surface area (Å²) in [6.07, 6.45) is -3.92. The average molecular weight is 598 g/mol. The second-order valence-electron chi connectivity index (χ2n) is 12.5. The van der Waals surface area contributed by atoms with E-state index in [9.17, 15) is 15.1 Å². The second kappa shape index (κ2) is 12.2. The molecule has 2 aromatic rings. The molecule has 0 radical (unpaired) electrons. The van der Waals surface area contributed by atoms with Gasteiger partial charge in [-0.05, 0) is 61.8 Å². The van der Waals surface area contributed by atoms with Crippen molar-refractivity contribution in [3.05, 3.63) is 82.2 Å². The third-order valence-corrected chi connectivity index (χ3v) is 12.4. The van der Waals surface area contributed by atoms with Crippen molar-refractivity contribution in [2.24, 2.45) is 5.11 Å². The van der Waals surface area contributed by atoms with E-state index in [0.717, 1.165) is 0 Å². The van der Waals surface area contributed by atoms with E-state index >= 15 is 0 Å². The number of nitrogens with zero attached hydrogens (tertiary/aromatic N) is 3. The fraction of sp³-hybridized carbons (Fsp3) is 0.533. The molecule has 4 rings (SSSR count). The first kappa shape index (κ1) is 31.7. The van der Waals surface area contributed by atoms with E-state index in [1.54, 1.807) is 74.5 Å². The number of ether oxygens (including phenoxy) is 5. The first-order valence-electron chi connectivity index (χ1n) is 13.9. The van der Waals surface area contributed by atoms with Crippen LogP contribution >= 0.6 is 0 Å². The van der Waals surface area contributed by atoms with Gasteiger partial charge in [-0.3, -0.25) is 0 Å². The highest BCUT2D eigenvalue weighted by Crippen LogP contribution is 2.50. The first-order valence-corrected chi connectivity index (χ1v) is 16.8. The Hall–Kier alpha value is -3.25. The summed E-state index contributed by atoms with van der Waals surface area (Å²) in [6.45, 7) is 13.5. The molecule has 2 saturated heterocycles. The smallest absolute Gasteiger partial charge is 0.340 e. The molecular formula is C30H39N3O8Si. The molecule has 2 aliphatic rings. The summed E-state index contributed by atoms with van der Waals surface area (Å²) < 4.78 is 37.6. The minimum absolute atomic E-state index is 0.0623. The first-order chi connectivity index (χ1) is 19.7. The van der Waals surface area contributed by atoms with Gasteiger partial charge in [0.25, 0.3) is 0 Å². The molecule has 12 heteroatoms. The molecule has 5 atom stereocenters. The van der Waals surface area contributed by atoms with Crippen molar-refractivity contribution < 1.29 is 37.7 Å². The molecule has 0 amide bonds. The highest BCUT2D eigenvalue weighted by molar-refractivity contribution is 6.74. The highest BCUT2D eigenvalue weighted by atomic mass is 28.4. The largest absolute Gasteiger partial charge is 0.459 e. The predicted molar refractivity (Wildman–Crippen MR) is 156 cm³/mol. The normalized spacial score (nSPS) is 25.6. The SMILES string of the molecule is CC1(C)O[C@H]2[C@@H]([C@@H](CN=[N+]=[N-])O[Si](C)(C)C(C)(C)C)OC(OC(=O)c3ccccc3)[C@@]2(COC(=O)c2ccccc2)O1. The van der Waals surface area contributed by atoms with Crippen molar-refractivity contribution in [1.82, 2.24) is 0 Å². The number of azide groups is 1. The minimum Gasteiger partial charge on any atom is -0.459 e. The Balaban J connectivity index is 1.73. The van der Waals surface area contributed by atoms with Crippen molar-refractivity contribution in [3.8, 4) is 0 Å². The van der Waals surface area contributed by atoms with Crippen molar-refractivity contribution in [3.63, 3.8) is 0 Å². The summed E-state index contributed by atoms with van der Waals surface area (Å²) in [4.78, 5) is 29.2. The Morgan fingerprint density at radius 2 is 1.60 bits per heavy atom. The monoisotopic (exact) mass is 597 g/mol. The Morgan fingerprint density at radius 3 is 2.14 bits per heavy atom. The van der Waals surface area contributed by atoms with Gasteiger partial charge in [-0.25, -0.2) is 9.59 Å². The molecule has 0 saturated carbocycles. The molecule has 0 N–H and O–H groups in total. The summed E-state index contributed by atoms with van der Waals surface area (Å²) in [7, 11) is -2.43. The fourth-order valence-electron chi connectivity index (χ4n) is 4.85. The molecule has 0 aromatic heterocycles. The van der Waals surface area contributed by atoms with Gasteiger partial charge in [-0.15, -0.1) is 0 Å². The van der Waals surface area contributed by atoms with E-state index < -0.39 is 56.2 Å². The predicted octanol–water partition coefficient (Wildman–Crippen LogP) is 6.02. The Labute approximate surface area is 247 Å². The molecule has 0 bridgehead atoms. The van der Waals surface area contributed by atoms with Crippen LogP contribution in [0.25, 0.3) is 10.4 Å². The lowest BCUT2D eigenvalue weighted by Gasteiger charge is -2.41. The molecule has 0 aliphatic carbocycles. The van der Waals surface area contributed by atoms with Gasteiger partial charge in [0, 0.05) is 4.91 Å². The Bertz CT molecular complexity index is 1310. The van der Waals surface area contributed by atoms with E-state index in [2.05, 4.69) is 43.9 Å². The lowest BCUT2D eigenvalue weighted by molar-refractivity contribution is -0.256. The maximum Gasteiger partial charge on any atom is 0.340 e. The van der Waals surface area contributed by atoms with Crippen molar-refractivity contribution in [2.75, 3.05) is 13.2 Å². The number of esters is 2. The van der Waals surface area contributed by atoms with E-state index in [4.69, 9.17) is 28.1 Å². The van der Waals surface area contributed by atoms with Gasteiger partial charge in [0.05, 0.1) is 23.8 Å². The molecule has 2 heterocycles. The summed E-state index contributed by atoms with van der Waals surface area (Å²) in [6, 6.07) is 17.0. The van der Waals surface area contributed by atoms with Gasteiger partial charge < -0.3 is 28.1 Å². The zero-order chi connectivity index (χ0) is 30.8. The van der Waals surface area contributed by atoms with Crippen LogP contribution < -0.4 is 0 Å². The Kier molecular flexibility index (Phi) is 9.17. The van der Waals surface area contributed by atoms with Crippen LogP contribution in [0.5, 0.6) is 0 Å². The van der Waals surface area contributed by atoms with Crippen LogP contribution in [0.3, 0.4) is 0 Å². The van der Waals surface area contributed by atoms with Crippen LogP contribution in [0.15, 0.2) is 65.8 Å². The van der Waals surface area contributed by atoms with Crippen LogP contribution in [-0.2, 0) is 28.1 Å². The van der Waals surface area contributed by atoms with Gasteiger partial charge in [-0.2, -0.15) is 0 Å². The van der Waals surface area contributed by atoms with Gasteiger partial charge in [-0.1, -0.05) is 62.3 Å². The highest BCUT2D eigenvalue weighted by Gasteiger charge is 2.70. The number of carbonyl (C=O) groups excluding carboxylic acids is 2. The standard InChI is InChI=1S/C30H39N3O8Si/c1-28(2,3)42(6,7)40-22(18-32-33-31)23-24-30(41-29(4,5)39-24,19-36-25(34)20-14-10-8-11-15-20)27(37-23)38-26(35)21-16-12-9-13-17-21/h8-17,22-24,27H,18-19H2,1-7H3/t22-,23-,24+,27?,30+/m1/s1. The molecule has 1 unspecified atom stereocenters. The quantitative estimate of drug-likeness (QED) is 0.107. The Morgan fingerprint density at radius 1 is 1.02 bits per heavy atom. The zero-order valence-corrected chi connectivity index (χ0v) is 26.1. The summed E-state index contributed by atoms with van der Waals surface area (Å²) in [5.74, 6) is -2.40.